The zero-order valence-corrected chi connectivity index (χ0v) is 13.1. The summed E-state index contributed by atoms with van der Waals surface area (Å²) < 4.78 is 27.4. The van der Waals surface area contributed by atoms with Gasteiger partial charge in [-0.05, 0) is 13.0 Å². The van der Waals surface area contributed by atoms with Gasteiger partial charge in [-0.3, -0.25) is 0 Å². The molecule has 0 aromatic carbocycles. The smallest absolute Gasteiger partial charge is 0.276 e. The van der Waals surface area contributed by atoms with Crippen molar-refractivity contribution >= 4 is 35.0 Å². The number of halogens is 2. The summed E-state index contributed by atoms with van der Waals surface area (Å²) in [7, 11) is -3.27. The molecule has 0 bridgehead atoms. The third kappa shape index (κ3) is 9.32. The Labute approximate surface area is 122 Å². The number of hydrogen-bond acceptors (Lipinski definition) is 4. The van der Waals surface area contributed by atoms with Gasteiger partial charge >= 0.3 is 0 Å². The molecule has 0 atom stereocenters. The minimum absolute atomic E-state index is 0. The molecule has 3 N–H and O–H groups in total. The SMILES string of the molecule is CCNS(=O)(=O)NCCCN1CCNCC1.Cl.Cl. The molecule has 0 aromatic rings. The molecule has 1 rings (SSSR count). The van der Waals surface area contributed by atoms with Crippen LogP contribution in [-0.2, 0) is 10.2 Å². The largest absolute Gasteiger partial charge is 0.314 e. The van der Waals surface area contributed by atoms with Crippen LogP contribution in [0.4, 0.5) is 0 Å². The van der Waals surface area contributed by atoms with E-state index in [1.165, 1.54) is 0 Å². The molecule has 1 heterocycles. The maximum Gasteiger partial charge on any atom is 0.276 e. The Hall–Kier alpha value is 0.370. The van der Waals surface area contributed by atoms with Crippen molar-refractivity contribution in [3.8, 4) is 0 Å². The number of hydrogen-bond donors (Lipinski definition) is 3. The highest BCUT2D eigenvalue weighted by atomic mass is 35.5. The first kappa shape index (κ1) is 20.7. The van der Waals surface area contributed by atoms with Crippen molar-refractivity contribution in [1.29, 1.82) is 0 Å². The topological polar surface area (TPSA) is 73.5 Å². The van der Waals surface area contributed by atoms with Crippen LogP contribution in [0.1, 0.15) is 13.3 Å². The summed E-state index contributed by atoms with van der Waals surface area (Å²) >= 11 is 0. The third-order valence-corrected chi connectivity index (χ3v) is 3.74. The zero-order valence-electron chi connectivity index (χ0n) is 10.6. The molecular weight excluding hydrogens is 299 g/mol. The predicted molar refractivity (Wildman–Crippen MR) is 79.0 cm³/mol. The van der Waals surface area contributed by atoms with Crippen LogP contribution in [0.25, 0.3) is 0 Å². The van der Waals surface area contributed by atoms with Gasteiger partial charge in [0.15, 0.2) is 0 Å². The molecule has 0 aliphatic carbocycles. The average Bonchev–Trinajstić information content (AvgIpc) is 2.26. The second-order valence-corrected chi connectivity index (χ2v) is 5.43. The molecule has 1 aliphatic rings. The van der Waals surface area contributed by atoms with E-state index in [2.05, 4.69) is 19.7 Å². The molecule has 18 heavy (non-hydrogen) atoms. The summed E-state index contributed by atoms with van der Waals surface area (Å²) in [6.45, 7) is 7.81. The van der Waals surface area contributed by atoms with Crippen molar-refractivity contribution in [2.75, 3.05) is 45.8 Å². The van der Waals surface area contributed by atoms with Crippen LogP contribution in [0, 0.1) is 0 Å². The Bertz CT molecular complexity index is 284. The number of nitrogens with zero attached hydrogens (tertiary/aromatic N) is 1. The molecule has 1 aliphatic heterocycles. The maximum absolute atomic E-state index is 11.2. The Morgan fingerprint density at radius 3 is 2.33 bits per heavy atom. The Morgan fingerprint density at radius 1 is 1.17 bits per heavy atom. The van der Waals surface area contributed by atoms with Gasteiger partial charge < -0.3 is 10.2 Å². The van der Waals surface area contributed by atoms with Crippen LogP contribution in [0.2, 0.25) is 0 Å². The summed E-state index contributed by atoms with van der Waals surface area (Å²) in [6.07, 6.45) is 0.852. The van der Waals surface area contributed by atoms with Crippen LogP contribution in [0.15, 0.2) is 0 Å². The van der Waals surface area contributed by atoms with Gasteiger partial charge in [0.2, 0.25) is 0 Å². The average molecular weight is 323 g/mol. The fourth-order valence-corrected chi connectivity index (χ4v) is 2.58. The van der Waals surface area contributed by atoms with Crippen molar-refractivity contribution in [3.63, 3.8) is 0 Å². The summed E-state index contributed by atoms with van der Waals surface area (Å²) in [5.74, 6) is 0. The molecule has 0 unspecified atom stereocenters. The van der Waals surface area contributed by atoms with E-state index >= 15 is 0 Å². The van der Waals surface area contributed by atoms with Crippen molar-refractivity contribution in [2.24, 2.45) is 0 Å². The number of nitrogens with one attached hydrogen (secondary N) is 3. The summed E-state index contributed by atoms with van der Waals surface area (Å²) in [5.41, 5.74) is 0. The molecule has 0 aromatic heterocycles. The third-order valence-electron chi connectivity index (χ3n) is 2.49. The molecule has 112 valence electrons. The van der Waals surface area contributed by atoms with E-state index in [1.54, 1.807) is 6.92 Å². The van der Waals surface area contributed by atoms with Gasteiger partial charge in [-0.2, -0.15) is 8.42 Å². The Morgan fingerprint density at radius 2 is 1.78 bits per heavy atom. The Balaban J connectivity index is 0. The molecule has 0 saturated carbocycles. The standard InChI is InChI=1S/C9H22N4O2S.2ClH/c1-2-11-16(14,15)12-4-3-7-13-8-5-10-6-9-13;;/h10-12H,2-9H2,1H3;2*1H. The summed E-state index contributed by atoms with van der Waals surface area (Å²) in [6, 6.07) is 0. The van der Waals surface area contributed by atoms with E-state index < -0.39 is 10.2 Å². The van der Waals surface area contributed by atoms with Crippen molar-refractivity contribution < 1.29 is 8.42 Å². The quantitative estimate of drug-likeness (QED) is 0.556. The van der Waals surface area contributed by atoms with Crippen molar-refractivity contribution in [3.05, 3.63) is 0 Å². The van der Waals surface area contributed by atoms with E-state index in [9.17, 15) is 8.42 Å². The molecule has 1 fully saturated rings. The molecule has 0 amide bonds. The fraction of sp³-hybridized carbons (Fsp3) is 1.00. The molecule has 1 saturated heterocycles. The van der Waals surface area contributed by atoms with E-state index in [1.807, 2.05) is 0 Å². The molecule has 9 heteroatoms. The predicted octanol–water partition coefficient (Wildman–Crippen LogP) is -0.431. The van der Waals surface area contributed by atoms with Gasteiger partial charge in [0.05, 0.1) is 0 Å². The van der Waals surface area contributed by atoms with E-state index in [-0.39, 0.29) is 24.8 Å². The first-order chi connectivity index (χ1) is 7.64. The highest BCUT2D eigenvalue weighted by molar-refractivity contribution is 7.87. The number of piperazine rings is 1. The van der Waals surface area contributed by atoms with Gasteiger partial charge in [0, 0.05) is 39.3 Å². The summed E-state index contributed by atoms with van der Waals surface area (Å²) in [5, 5.41) is 3.28. The highest BCUT2D eigenvalue weighted by Gasteiger charge is 2.10. The van der Waals surface area contributed by atoms with Gasteiger partial charge in [-0.25, -0.2) is 9.44 Å². The first-order valence-electron chi connectivity index (χ1n) is 5.81. The normalized spacial score (nSPS) is 16.7. The van der Waals surface area contributed by atoms with Crippen LogP contribution in [-0.4, -0.2) is 59.1 Å². The second kappa shape index (κ2) is 11.2. The van der Waals surface area contributed by atoms with Crippen LogP contribution in [0.3, 0.4) is 0 Å². The second-order valence-electron chi connectivity index (χ2n) is 3.84. The van der Waals surface area contributed by atoms with Crippen LogP contribution < -0.4 is 14.8 Å². The monoisotopic (exact) mass is 322 g/mol. The lowest BCUT2D eigenvalue weighted by Gasteiger charge is -2.27. The Kier molecular flexibility index (Phi) is 12.9. The van der Waals surface area contributed by atoms with Gasteiger partial charge in [0.25, 0.3) is 10.2 Å². The van der Waals surface area contributed by atoms with Crippen LogP contribution >= 0.6 is 24.8 Å². The lowest BCUT2D eigenvalue weighted by molar-refractivity contribution is 0.239. The molecule has 6 nitrogen and oxygen atoms in total. The highest BCUT2D eigenvalue weighted by Crippen LogP contribution is 1.93. The van der Waals surface area contributed by atoms with E-state index in [4.69, 9.17) is 0 Å². The van der Waals surface area contributed by atoms with Crippen molar-refractivity contribution in [1.82, 2.24) is 19.7 Å². The van der Waals surface area contributed by atoms with Crippen molar-refractivity contribution in [2.45, 2.75) is 13.3 Å². The maximum atomic E-state index is 11.2. The minimum Gasteiger partial charge on any atom is -0.314 e. The molecule has 0 spiro atoms. The lowest BCUT2D eigenvalue weighted by atomic mass is 10.3. The molecule has 0 radical (unpaired) electrons. The minimum atomic E-state index is -3.27. The fourth-order valence-electron chi connectivity index (χ4n) is 1.68. The van der Waals surface area contributed by atoms with E-state index in [0.29, 0.717) is 13.1 Å². The lowest BCUT2D eigenvalue weighted by Crippen LogP contribution is -2.44. The van der Waals surface area contributed by atoms with Gasteiger partial charge in [0.1, 0.15) is 0 Å². The summed E-state index contributed by atoms with van der Waals surface area (Å²) in [4.78, 5) is 2.35. The first-order valence-corrected chi connectivity index (χ1v) is 7.29. The van der Waals surface area contributed by atoms with Gasteiger partial charge in [-0.15, -0.1) is 24.8 Å². The number of rotatable bonds is 7. The zero-order chi connectivity index (χ0) is 11.9. The molecular formula is C9H24Cl2N4O2S. The van der Waals surface area contributed by atoms with Crippen LogP contribution in [0.5, 0.6) is 0 Å². The van der Waals surface area contributed by atoms with E-state index in [0.717, 1.165) is 39.1 Å². The van der Waals surface area contributed by atoms with Gasteiger partial charge in [-0.1, -0.05) is 6.92 Å².